The quantitative estimate of drug-likeness (QED) is 0.488. The van der Waals surface area contributed by atoms with Crippen LogP contribution in [0.2, 0.25) is 0 Å². The van der Waals surface area contributed by atoms with Gasteiger partial charge < -0.3 is 16.8 Å². The minimum absolute atomic E-state index is 0.0656. The van der Waals surface area contributed by atoms with Gasteiger partial charge in [0.15, 0.2) is 0 Å². The molecule has 5 N–H and O–H groups in total. The normalized spacial score (nSPS) is 10.1. The van der Waals surface area contributed by atoms with Gasteiger partial charge in [0.25, 0.3) is 0 Å². The lowest BCUT2D eigenvalue weighted by Gasteiger charge is -2.04. The molecule has 0 aliphatic rings. The molecule has 0 fully saturated rings. The Morgan fingerprint density at radius 3 is 2.88 bits per heavy atom. The summed E-state index contributed by atoms with van der Waals surface area (Å²) < 4.78 is 0. The fourth-order valence-electron chi connectivity index (χ4n) is 1.42. The summed E-state index contributed by atoms with van der Waals surface area (Å²) in [4.78, 5) is 11.4. The molecule has 1 aromatic rings. The van der Waals surface area contributed by atoms with Crippen molar-refractivity contribution in [2.75, 3.05) is 18.8 Å². The van der Waals surface area contributed by atoms with Crippen molar-refractivity contribution in [1.82, 2.24) is 5.32 Å². The zero-order valence-corrected chi connectivity index (χ0v) is 9.41. The number of amides is 1. The van der Waals surface area contributed by atoms with E-state index in [1.54, 1.807) is 0 Å². The van der Waals surface area contributed by atoms with Crippen molar-refractivity contribution in [3.8, 4) is 0 Å². The minimum Gasteiger partial charge on any atom is -0.399 e. The molecule has 0 bridgehead atoms. The second-order valence-electron chi connectivity index (χ2n) is 3.74. The van der Waals surface area contributed by atoms with Gasteiger partial charge in [0.2, 0.25) is 5.91 Å². The summed E-state index contributed by atoms with van der Waals surface area (Å²) in [7, 11) is 0. The molecule has 16 heavy (non-hydrogen) atoms. The topological polar surface area (TPSA) is 81.1 Å². The van der Waals surface area contributed by atoms with Gasteiger partial charge in [-0.3, -0.25) is 4.79 Å². The molecule has 0 heterocycles. The van der Waals surface area contributed by atoms with Crippen LogP contribution in [0.25, 0.3) is 0 Å². The first-order valence-corrected chi connectivity index (χ1v) is 5.53. The average Bonchev–Trinajstić information content (AvgIpc) is 2.27. The summed E-state index contributed by atoms with van der Waals surface area (Å²) in [5.41, 5.74) is 12.8. The van der Waals surface area contributed by atoms with Crippen LogP contribution in [0.15, 0.2) is 24.3 Å². The second kappa shape index (κ2) is 6.85. The van der Waals surface area contributed by atoms with Crippen molar-refractivity contribution in [2.24, 2.45) is 5.73 Å². The third kappa shape index (κ3) is 4.79. The number of carbonyl (C=O) groups is 1. The summed E-state index contributed by atoms with van der Waals surface area (Å²) in [5.74, 6) is 0.0656. The first-order chi connectivity index (χ1) is 7.72. The van der Waals surface area contributed by atoms with E-state index in [9.17, 15) is 4.79 Å². The fourth-order valence-corrected chi connectivity index (χ4v) is 1.42. The molecule has 0 spiro atoms. The van der Waals surface area contributed by atoms with E-state index < -0.39 is 0 Å². The maximum atomic E-state index is 11.4. The third-order valence-electron chi connectivity index (χ3n) is 2.29. The molecule has 0 radical (unpaired) electrons. The number of aryl methyl sites for hydroxylation is 1. The van der Waals surface area contributed by atoms with Crippen LogP contribution in [0.4, 0.5) is 5.69 Å². The maximum Gasteiger partial charge on any atom is 0.220 e. The van der Waals surface area contributed by atoms with E-state index in [1.165, 1.54) is 0 Å². The molecule has 4 nitrogen and oxygen atoms in total. The molecule has 1 amide bonds. The number of hydrogen-bond donors (Lipinski definition) is 3. The molecule has 1 aromatic carbocycles. The van der Waals surface area contributed by atoms with Crippen molar-refractivity contribution < 1.29 is 4.79 Å². The Kier molecular flexibility index (Phi) is 5.36. The molecule has 0 aromatic heterocycles. The number of nitrogens with one attached hydrogen (secondary N) is 1. The monoisotopic (exact) mass is 221 g/mol. The summed E-state index contributed by atoms with van der Waals surface area (Å²) in [6.45, 7) is 1.27. The average molecular weight is 221 g/mol. The van der Waals surface area contributed by atoms with E-state index in [4.69, 9.17) is 11.5 Å². The van der Waals surface area contributed by atoms with Gasteiger partial charge in [0.05, 0.1) is 0 Å². The van der Waals surface area contributed by atoms with Crippen LogP contribution in [0.1, 0.15) is 18.4 Å². The van der Waals surface area contributed by atoms with Crippen LogP contribution in [0.5, 0.6) is 0 Å². The van der Waals surface area contributed by atoms with E-state index in [2.05, 4.69) is 5.32 Å². The lowest BCUT2D eigenvalue weighted by atomic mass is 10.1. The Hall–Kier alpha value is -1.55. The zero-order chi connectivity index (χ0) is 11.8. The molecular weight excluding hydrogens is 202 g/mol. The Balaban J connectivity index is 2.26. The van der Waals surface area contributed by atoms with Crippen LogP contribution in [-0.2, 0) is 11.2 Å². The molecule has 4 heteroatoms. The molecule has 0 aliphatic heterocycles. The number of hydrogen-bond acceptors (Lipinski definition) is 3. The smallest absolute Gasteiger partial charge is 0.220 e. The van der Waals surface area contributed by atoms with E-state index >= 15 is 0 Å². The number of rotatable bonds is 6. The van der Waals surface area contributed by atoms with Gasteiger partial charge in [0.1, 0.15) is 0 Å². The number of nitrogens with two attached hydrogens (primary N) is 2. The fraction of sp³-hybridized carbons (Fsp3) is 0.417. The highest BCUT2D eigenvalue weighted by Gasteiger charge is 2.01. The first kappa shape index (κ1) is 12.5. The second-order valence-corrected chi connectivity index (χ2v) is 3.74. The lowest BCUT2D eigenvalue weighted by molar-refractivity contribution is -0.121. The Morgan fingerprint density at radius 2 is 2.19 bits per heavy atom. The van der Waals surface area contributed by atoms with Gasteiger partial charge in [0, 0.05) is 18.7 Å². The van der Waals surface area contributed by atoms with Crippen molar-refractivity contribution in [1.29, 1.82) is 0 Å². The summed E-state index contributed by atoms with van der Waals surface area (Å²) in [6.07, 6.45) is 2.04. The molecule has 0 atom stereocenters. The van der Waals surface area contributed by atoms with E-state index in [0.29, 0.717) is 19.5 Å². The van der Waals surface area contributed by atoms with Gasteiger partial charge in [-0.25, -0.2) is 0 Å². The van der Waals surface area contributed by atoms with Crippen molar-refractivity contribution in [3.05, 3.63) is 29.8 Å². The van der Waals surface area contributed by atoms with Gasteiger partial charge in [-0.05, 0) is 37.1 Å². The Morgan fingerprint density at radius 1 is 1.38 bits per heavy atom. The molecule has 88 valence electrons. The van der Waals surface area contributed by atoms with Crippen molar-refractivity contribution >= 4 is 11.6 Å². The highest BCUT2D eigenvalue weighted by atomic mass is 16.1. The number of anilines is 1. The predicted octanol–water partition coefficient (Wildman–Crippen LogP) is 0.666. The first-order valence-electron chi connectivity index (χ1n) is 5.53. The van der Waals surface area contributed by atoms with Crippen LogP contribution in [0, 0.1) is 0 Å². The number of carbonyl (C=O) groups excluding carboxylic acids is 1. The molecule has 0 saturated carbocycles. The summed E-state index contributed by atoms with van der Waals surface area (Å²) >= 11 is 0. The summed E-state index contributed by atoms with van der Waals surface area (Å²) in [6, 6.07) is 7.61. The van der Waals surface area contributed by atoms with Crippen LogP contribution < -0.4 is 16.8 Å². The van der Waals surface area contributed by atoms with Crippen molar-refractivity contribution in [3.63, 3.8) is 0 Å². The van der Waals surface area contributed by atoms with Gasteiger partial charge in [-0.15, -0.1) is 0 Å². The van der Waals surface area contributed by atoms with E-state index in [1.807, 2.05) is 24.3 Å². The van der Waals surface area contributed by atoms with E-state index in [0.717, 1.165) is 24.1 Å². The molecule has 1 rings (SSSR count). The zero-order valence-electron chi connectivity index (χ0n) is 9.41. The van der Waals surface area contributed by atoms with Gasteiger partial charge in [-0.2, -0.15) is 0 Å². The SMILES string of the molecule is NCCCNC(=O)CCc1cccc(N)c1. The maximum absolute atomic E-state index is 11.4. The largest absolute Gasteiger partial charge is 0.399 e. The van der Waals surface area contributed by atoms with E-state index in [-0.39, 0.29) is 5.91 Å². The van der Waals surface area contributed by atoms with Crippen LogP contribution >= 0.6 is 0 Å². The Bertz CT molecular complexity index is 339. The molecule has 0 aliphatic carbocycles. The standard InChI is InChI=1S/C12H19N3O/c13-7-2-8-15-12(16)6-5-10-3-1-4-11(14)9-10/h1,3-4,9H,2,5-8,13-14H2,(H,15,16). The van der Waals surface area contributed by atoms with Crippen LogP contribution in [-0.4, -0.2) is 19.0 Å². The molecule has 0 saturated heterocycles. The molecule has 0 unspecified atom stereocenters. The molecular formula is C12H19N3O. The van der Waals surface area contributed by atoms with Crippen LogP contribution in [0.3, 0.4) is 0 Å². The highest BCUT2D eigenvalue weighted by Crippen LogP contribution is 2.08. The highest BCUT2D eigenvalue weighted by molar-refractivity contribution is 5.76. The Labute approximate surface area is 96.0 Å². The van der Waals surface area contributed by atoms with Gasteiger partial charge >= 0.3 is 0 Å². The summed E-state index contributed by atoms with van der Waals surface area (Å²) in [5, 5.41) is 2.82. The minimum atomic E-state index is 0.0656. The number of nitrogen functional groups attached to an aromatic ring is 1. The van der Waals surface area contributed by atoms with Gasteiger partial charge in [-0.1, -0.05) is 12.1 Å². The predicted molar refractivity (Wildman–Crippen MR) is 65.9 cm³/mol. The van der Waals surface area contributed by atoms with Crippen molar-refractivity contribution in [2.45, 2.75) is 19.3 Å². The third-order valence-corrected chi connectivity index (χ3v) is 2.29. The number of benzene rings is 1. The lowest BCUT2D eigenvalue weighted by Crippen LogP contribution is -2.26.